The van der Waals surface area contributed by atoms with Gasteiger partial charge in [0.15, 0.2) is 0 Å². The van der Waals surface area contributed by atoms with Gasteiger partial charge in [-0.2, -0.15) is 5.26 Å². The minimum Gasteiger partial charge on any atom is -0.394 e. The van der Waals surface area contributed by atoms with Crippen LogP contribution in [0.2, 0.25) is 0 Å². The molecule has 1 N–H and O–H groups in total. The van der Waals surface area contributed by atoms with Gasteiger partial charge in [0.1, 0.15) is 5.41 Å². The van der Waals surface area contributed by atoms with Crippen molar-refractivity contribution in [2.75, 3.05) is 13.2 Å². The van der Waals surface area contributed by atoms with Crippen molar-refractivity contribution in [2.45, 2.75) is 18.4 Å². The molecule has 1 aromatic rings. The maximum absolute atomic E-state index is 9.51. The monoisotopic (exact) mass is 281 g/mol. The van der Waals surface area contributed by atoms with Crippen LogP contribution in [0.25, 0.3) is 0 Å². The second kappa shape index (κ2) is 4.54. The Balaban J connectivity index is 2.59. The van der Waals surface area contributed by atoms with Crippen LogP contribution in [-0.2, 0) is 16.8 Å². The third-order valence-electron chi connectivity index (χ3n) is 3.00. The summed E-state index contributed by atoms with van der Waals surface area (Å²) < 4.78 is 6.36. The van der Waals surface area contributed by atoms with Gasteiger partial charge in [0, 0.05) is 11.1 Å². The molecule has 1 aliphatic rings. The van der Waals surface area contributed by atoms with E-state index in [0.29, 0.717) is 19.6 Å². The third-order valence-corrected chi connectivity index (χ3v) is 3.50. The number of fused-ring (bicyclic) bond motifs is 1. The fourth-order valence-electron chi connectivity index (χ4n) is 2.00. The summed E-state index contributed by atoms with van der Waals surface area (Å²) in [6, 6.07) is 8.01. The third kappa shape index (κ3) is 1.86. The highest BCUT2D eigenvalue weighted by Crippen LogP contribution is 2.34. The van der Waals surface area contributed by atoms with Crippen LogP contribution in [0.1, 0.15) is 17.5 Å². The number of nitriles is 1. The summed E-state index contributed by atoms with van der Waals surface area (Å²) in [5, 5.41) is 18.8. The predicted octanol–water partition coefficient (Wildman–Crippen LogP) is 2.12. The van der Waals surface area contributed by atoms with Gasteiger partial charge in [-0.1, -0.05) is 22.0 Å². The molecule has 2 rings (SSSR count). The van der Waals surface area contributed by atoms with E-state index >= 15 is 0 Å². The molecular weight excluding hydrogens is 270 g/mol. The molecule has 0 fully saturated rings. The van der Waals surface area contributed by atoms with Crippen LogP contribution in [0, 0.1) is 11.3 Å². The van der Waals surface area contributed by atoms with Crippen molar-refractivity contribution in [3.63, 3.8) is 0 Å². The highest BCUT2D eigenvalue weighted by molar-refractivity contribution is 9.10. The van der Waals surface area contributed by atoms with Crippen molar-refractivity contribution in [3.8, 4) is 6.07 Å². The Kier molecular flexibility index (Phi) is 3.29. The number of rotatable bonds is 1. The zero-order chi connectivity index (χ0) is 11.6. The smallest absolute Gasteiger partial charge is 0.108 e. The van der Waals surface area contributed by atoms with E-state index in [-0.39, 0.29) is 6.61 Å². The Bertz CT molecular complexity index is 441. The second-order valence-electron chi connectivity index (χ2n) is 3.96. The normalized spacial score (nSPS) is 24.3. The van der Waals surface area contributed by atoms with E-state index in [2.05, 4.69) is 22.0 Å². The molecule has 3 nitrogen and oxygen atoms in total. The largest absolute Gasteiger partial charge is 0.394 e. The molecule has 0 bridgehead atoms. The van der Waals surface area contributed by atoms with Gasteiger partial charge >= 0.3 is 0 Å². The van der Waals surface area contributed by atoms with Crippen molar-refractivity contribution in [2.24, 2.45) is 0 Å². The molecule has 0 radical (unpaired) electrons. The number of nitrogens with zero attached hydrogens (tertiary/aromatic N) is 1. The summed E-state index contributed by atoms with van der Waals surface area (Å²) in [5.41, 5.74) is 1.04. The molecule has 1 heterocycles. The first-order chi connectivity index (χ1) is 7.72. The van der Waals surface area contributed by atoms with E-state index in [0.717, 1.165) is 15.6 Å². The summed E-state index contributed by atoms with van der Waals surface area (Å²) in [7, 11) is 0. The molecule has 1 atom stereocenters. The van der Waals surface area contributed by atoms with E-state index in [9.17, 15) is 10.4 Å². The summed E-state index contributed by atoms with van der Waals surface area (Å²) >= 11 is 3.39. The van der Waals surface area contributed by atoms with Crippen molar-refractivity contribution in [1.29, 1.82) is 5.26 Å². The Morgan fingerprint density at radius 2 is 2.38 bits per heavy atom. The Morgan fingerprint density at radius 3 is 3.06 bits per heavy atom. The van der Waals surface area contributed by atoms with E-state index in [4.69, 9.17) is 4.74 Å². The van der Waals surface area contributed by atoms with Crippen LogP contribution in [0.5, 0.6) is 0 Å². The molecule has 1 aromatic carbocycles. The van der Waals surface area contributed by atoms with Gasteiger partial charge in [0.2, 0.25) is 0 Å². The van der Waals surface area contributed by atoms with Gasteiger partial charge in [-0.05, 0) is 29.7 Å². The first-order valence-corrected chi connectivity index (χ1v) is 5.90. The molecule has 1 aliphatic heterocycles. The van der Waals surface area contributed by atoms with Crippen molar-refractivity contribution in [1.82, 2.24) is 0 Å². The average Bonchev–Trinajstić information content (AvgIpc) is 2.49. The molecule has 4 heteroatoms. The SMILES string of the molecule is N#CC1(CO)CCOCc2ccc(Br)cc21. The number of hydrogen-bond donors (Lipinski definition) is 1. The molecule has 0 saturated carbocycles. The molecule has 0 aliphatic carbocycles. The lowest BCUT2D eigenvalue weighted by molar-refractivity contribution is 0.109. The molecule has 0 spiro atoms. The summed E-state index contributed by atoms with van der Waals surface area (Å²) in [5.74, 6) is 0. The lowest BCUT2D eigenvalue weighted by Crippen LogP contribution is -2.30. The van der Waals surface area contributed by atoms with Crippen molar-refractivity contribution in [3.05, 3.63) is 33.8 Å². The van der Waals surface area contributed by atoms with Gasteiger partial charge in [-0.15, -0.1) is 0 Å². The molecule has 0 amide bonds. The maximum atomic E-state index is 9.51. The fourth-order valence-corrected chi connectivity index (χ4v) is 2.36. The van der Waals surface area contributed by atoms with Gasteiger partial charge < -0.3 is 9.84 Å². The lowest BCUT2D eigenvalue weighted by Gasteiger charge is -2.24. The minimum atomic E-state index is -0.824. The molecule has 84 valence electrons. The minimum absolute atomic E-state index is 0.170. The zero-order valence-corrected chi connectivity index (χ0v) is 10.3. The molecule has 1 unspecified atom stereocenters. The van der Waals surface area contributed by atoms with E-state index < -0.39 is 5.41 Å². The molecule has 0 aromatic heterocycles. The lowest BCUT2D eigenvalue weighted by atomic mass is 9.78. The van der Waals surface area contributed by atoms with Gasteiger partial charge in [0.25, 0.3) is 0 Å². The topological polar surface area (TPSA) is 53.2 Å². The second-order valence-corrected chi connectivity index (χ2v) is 4.87. The predicted molar refractivity (Wildman–Crippen MR) is 62.8 cm³/mol. The summed E-state index contributed by atoms with van der Waals surface area (Å²) in [6.07, 6.45) is 0.531. The fraction of sp³-hybridized carbons (Fsp3) is 0.417. The Labute approximate surface area is 103 Å². The maximum Gasteiger partial charge on any atom is 0.108 e. The first-order valence-electron chi connectivity index (χ1n) is 5.10. The molecule has 0 saturated heterocycles. The van der Waals surface area contributed by atoms with Gasteiger partial charge in [-0.3, -0.25) is 0 Å². The number of aliphatic hydroxyl groups excluding tert-OH is 1. The van der Waals surface area contributed by atoms with Crippen LogP contribution < -0.4 is 0 Å². The van der Waals surface area contributed by atoms with Gasteiger partial charge in [0.05, 0.1) is 19.3 Å². The van der Waals surface area contributed by atoms with Gasteiger partial charge in [-0.25, -0.2) is 0 Å². The van der Waals surface area contributed by atoms with Crippen LogP contribution in [-0.4, -0.2) is 18.3 Å². The van der Waals surface area contributed by atoms with E-state index in [1.807, 2.05) is 18.2 Å². The van der Waals surface area contributed by atoms with Crippen molar-refractivity contribution >= 4 is 15.9 Å². The molecule has 16 heavy (non-hydrogen) atoms. The Morgan fingerprint density at radius 1 is 1.56 bits per heavy atom. The Hall–Kier alpha value is -0.890. The van der Waals surface area contributed by atoms with Crippen LogP contribution in [0.4, 0.5) is 0 Å². The first kappa shape index (κ1) is 11.6. The highest BCUT2D eigenvalue weighted by atomic mass is 79.9. The van der Waals surface area contributed by atoms with Crippen LogP contribution in [0.3, 0.4) is 0 Å². The average molecular weight is 282 g/mol. The summed E-state index contributed by atoms with van der Waals surface area (Å²) in [4.78, 5) is 0. The number of ether oxygens (including phenoxy) is 1. The number of aliphatic hydroxyl groups is 1. The van der Waals surface area contributed by atoms with Crippen LogP contribution in [0.15, 0.2) is 22.7 Å². The standard InChI is InChI=1S/C12H12BrNO2/c13-10-2-1-9-6-16-4-3-12(7-14,8-15)11(9)5-10/h1-2,5,15H,3-4,6,8H2. The number of hydrogen-bond acceptors (Lipinski definition) is 3. The molecular formula is C12H12BrNO2. The highest BCUT2D eigenvalue weighted by Gasteiger charge is 2.35. The number of halogens is 1. The summed E-state index contributed by atoms with van der Waals surface area (Å²) in [6.45, 7) is 0.836. The zero-order valence-electron chi connectivity index (χ0n) is 8.74. The quantitative estimate of drug-likeness (QED) is 0.858. The number of benzene rings is 1. The van der Waals surface area contributed by atoms with E-state index in [1.165, 1.54) is 0 Å². The van der Waals surface area contributed by atoms with E-state index in [1.54, 1.807) is 0 Å². The van der Waals surface area contributed by atoms with Crippen molar-refractivity contribution < 1.29 is 9.84 Å². The van der Waals surface area contributed by atoms with Crippen LogP contribution >= 0.6 is 15.9 Å².